The summed E-state index contributed by atoms with van der Waals surface area (Å²) < 4.78 is 5.50. The first-order valence-corrected chi connectivity index (χ1v) is 9.60. The molecule has 6 heteroatoms. The van der Waals surface area contributed by atoms with E-state index in [1.807, 2.05) is 17.0 Å². The molecular weight excluding hydrogens is 328 g/mol. The Morgan fingerprint density at radius 2 is 1.85 bits per heavy atom. The van der Waals surface area contributed by atoms with Gasteiger partial charge in [-0.3, -0.25) is 9.69 Å². The van der Waals surface area contributed by atoms with Crippen molar-refractivity contribution < 1.29 is 9.53 Å². The van der Waals surface area contributed by atoms with Crippen molar-refractivity contribution in [3.8, 4) is 5.75 Å². The van der Waals surface area contributed by atoms with Crippen molar-refractivity contribution in [2.75, 3.05) is 51.3 Å². The number of amides is 1. The van der Waals surface area contributed by atoms with E-state index in [-0.39, 0.29) is 5.91 Å². The van der Waals surface area contributed by atoms with Crippen LogP contribution in [0.3, 0.4) is 0 Å². The molecule has 1 amide bonds. The average Bonchev–Trinajstić information content (AvgIpc) is 2.67. The summed E-state index contributed by atoms with van der Waals surface area (Å²) in [6, 6.07) is 8.64. The fourth-order valence-corrected chi connectivity index (χ4v) is 4.06. The molecule has 1 aromatic rings. The molecule has 144 valence electrons. The SMILES string of the molecule is COc1ccccc1N1CCN(C2CCCN(C(=O)C(C)(C)N)C2)CC1. The molecule has 2 aliphatic rings. The Balaban J connectivity index is 1.58. The lowest BCUT2D eigenvalue weighted by molar-refractivity contribution is -0.138. The molecule has 2 N–H and O–H groups in total. The lowest BCUT2D eigenvalue weighted by Crippen LogP contribution is -2.59. The number of hydrogen-bond donors (Lipinski definition) is 1. The number of piperidine rings is 1. The zero-order valence-corrected chi connectivity index (χ0v) is 16.3. The van der Waals surface area contributed by atoms with Crippen LogP contribution in [0, 0.1) is 0 Å². The number of anilines is 1. The highest BCUT2D eigenvalue weighted by Gasteiger charge is 2.34. The molecule has 0 aromatic heterocycles. The van der Waals surface area contributed by atoms with Gasteiger partial charge in [0.05, 0.1) is 18.3 Å². The summed E-state index contributed by atoms with van der Waals surface area (Å²) in [4.78, 5) is 19.4. The standard InChI is InChI=1S/C20H32N4O2/c1-20(2,21)19(25)24-10-6-7-16(15-24)22-11-13-23(14-12-22)17-8-4-5-9-18(17)26-3/h4-5,8-9,16H,6-7,10-15,21H2,1-3H3. The molecule has 0 radical (unpaired) electrons. The Morgan fingerprint density at radius 3 is 2.50 bits per heavy atom. The molecule has 1 atom stereocenters. The minimum atomic E-state index is -0.787. The number of carbonyl (C=O) groups is 1. The van der Waals surface area contributed by atoms with E-state index in [1.165, 1.54) is 5.69 Å². The fraction of sp³-hybridized carbons (Fsp3) is 0.650. The number of ether oxygens (including phenoxy) is 1. The van der Waals surface area contributed by atoms with E-state index in [0.29, 0.717) is 6.04 Å². The maximum absolute atomic E-state index is 12.5. The number of methoxy groups -OCH3 is 1. The number of para-hydroxylation sites is 2. The van der Waals surface area contributed by atoms with Crippen molar-refractivity contribution in [2.45, 2.75) is 38.3 Å². The van der Waals surface area contributed by atoms with E-state index < -0.39 is 5.54 Å². The number of likely N-dealkylation sites (tertiary alicyclic amines) is 1. The van der Waals surface area contributed by atoms with Crippen LogP contribution in [0.25, 0.3) is 0 Å². The minimum absolute atomic E-state index is 0.0647. The van der Waals surface area contributed by atoms with Crippen molar-refractivity contribution in [3.05, 3.63) is 24.3 Å². The molecule has 0 aliphatic carbocycles. The van der Waals surface area contributed by atoms with Crippen molar-refractivity contribution in [2.24, 2.45) is 5.73 Å². The summed E-state index contributed by atoms with van der Waals surface area (Å²) in [6.07, 6.45) is 2.21. The smallest absolute Gasteiger partial charge is 0.242 e. The van der Waals surface area contributed by atoms with Gasteiger partial charge in [-0.25, -0.2) is 0 Å². The molecule has 2 heterocycles. The number of nitrogens with two attached hydrogens (primary N) is 1. The molecule has 0 spiro atoms. The van der Waals surface area contributed by atoms with Gasteiger partial charge in [-0.2, -0.15) is 0 Å². The largest absolute Gasteiger partial charge is 0.495 e. The number of rotatable bonds is 4. The van der Waals surface area contributed by atoms with Gasteiger partial charge in [-0.05, 0) is 38.8 Å². The summed E-state index contributed by atoms with van der Waals surface area (Å²) in [7, 11) is 1.72. The summed E-state index contributed by atoms with van der Waals surface area (Å²) >= 11 is 0. The van der Waals surface area contributed by atoms with Crippen LogP contribution in [0.5, 0.6) is 5.75 Å². The molecule has 0 bridgehead atoms. The second-order valence-corrected chi connectivity index (χ2v) is 7.96. The zero-order chi connectivity index (χ0) is 18.7. The Hall–Kier alpha value is -1.79. The van der Waals surface area contributed by atoms with Crippen LogP contribution in [-0.2, 0) is 4.79 Å². The monoisotopic (exact) mass is 360 g/mol. The second-order valence-electron chi connectivity index (χ2n) is 7.96. The van der Waals surface area contributed by atoms with Crippen molar-refractivity contribution in [1.29, 1.82) is 0 Å². The van der Waals surface area contributed by atoms with E-state index in [2.05, 4.69) is 21.9 Å². The molecule has 26 heavy (non-hydrogen) atoms. The highest BCUT2D eigenvalue weighted by atomic mass is 16.5. The van der Waals surface area contributed by atoms with Gasteiger partial charge in [0.2, 0.25) is 5.91 Å². The fourth-order valence-electron chi connectivity index (χ4n) is 4.06. The first-order chi connectivity index (χ1) is 12.4. The molecule has 1 aromatic carbocycles. The topological polar surface area (TPSA) is 62.0 Å². The predicted octanol–water partition coefficient (Wildman–Crippen LogP) is 1.55. The second kappa shape index (κ2) is 7.84. The van der Waals surface area contributed by atoms with E-state index in [4.69, 9.17) is 10.5 Å². The van der Waals surface area contributed by atoms with Gasteiger partial charge < -0.3 is 20.3 Å². The number of piperazine rings is 1. The molecule has 2 saturated heterocycles. The first kappa shape index (κ1) is 19.0. The Kier molecular flexibility index (Phi) is 5.73. The molecule has 3 rings (SSSR count). The highest BCUT2D eigenvalue weighted by Crippen LogP contribution is 2.29. The van der Waals surface area contributed by atoms with E-state index in [1.54, 1.807) is 21.0 Å². The Bertz CT molecular complexity index is 620. The van der Waals surface area contributed by atoms with E-state index in [0.717, 1.165) is 57.9 Å². The summed E-state index contributed by atoms with van der Waals surface area (Å²) in [5, 5.41) is 0. The van der Waals surface area contributed by atoms with Gasteiger partial charge >= 0.3 is 0 Å². The first-order valence-electron chi connectivity index (χ1n) is 9.60. The molecule has 2 aliphatic heterocycles. The Labute approximate surface area is 156 Å². The number of carbonyl (C=O) groups excluding carboxylic acids is 1. The van der Waals surface area contributed by atoms with Gasteiger partial charge in [0, 0.05) is 45.3 Å². The minimum Gasteiger partial charge on any atom is -0.495 e. The third-order valence-corrected chi connectivity index (χ3v) is 5.49. The van der Waals surface area contributed by atoms with Gasteiger partial charge in [0.1, 0.15) is 5.75 Å². The highest BCUT2D eigenvalue weighted by molar-refractivity contribution is 5.85. The lowest BCUT2D eigenvalue weighted by Gasteiger charge is -2.44. The zero-order valence-electron chi connectivity index (χ0n) is 16.3. The third-order valence-electron chi connectivity index (χ3n) is 5.49. The van der Waals surface area contributed by atoms with Crippen LogP contribution in [0.4, 0.5) is 5.69 Å². The van der Waals surface area contributed by atoms with Crippen LogP contribution >= 0.6 is 0 Å². The molecular formula is C20H32N4O2. The van der Waals surface area contributed by atoms with Crippen molar-refractivity contribution in [1.82, 2.24) is 9.80 Å². The van der Waals surface area contributed by atoms with Crippen molar-refractivity contribution in [3.63, 3.8) is 0 Å². The summed E-state index contributed by atoms with van der Waals surface area (Å²) in [6.45, 7) is 9.20. The van der Waals surface area contributed by atoms with Gasteiger partial charge in [-0.1, -0.05) is 12.1 Å². The summed E-state index contributed by atoms with van der Waals surface area (Å²) in [5.74, 6) is 0.996. The van der Waals surface area contributed by atoms with Crippen LogP contribution in [0.1, 0.15) is 26.7 Å². The van der Waals surface area contributed by atoms with Gasteiger partial charge in [0.25, 0.3) is 0 Å². The molecule has 1 unspecified atom stereocenters. The maximum Gasteiger partial charge on any atom is 0.242 e. The van der Waals surface area contributed by atoms with Crippen molar-refractivity contribution >= 4 is 11.6 Å². The van der Waals surface area contributed by atoms with E-state index in [9.17, 15) is 4.79 Å². The molecule has 6 nitrogen and oxygen atoms in total. The number of hydrogen-bond acceptors (Lipinski definition) is 5. The number of benzene rings is 1. The summed E-state index contributed by atoms with van der Waals surface area (Å²) in [5.41, 5.74) is 6.40. The van der Waals surface area contributed by atoms with Crippen LogP contribution in [0.15, 0.2) is 24.3 Å². The normalized spacial score (nSPS) is 22.4. The van der Waals surface area contributed by atoms with Crippen LogP contribution < -0.4 is 15.4 Å². The van der Waals surface area contributed by atoms with E-state index >= 15 is 0 Å². The maximum atomic E-state index is 12.5. The van der Waals surface area contributed by atoms with Gasteiger partial charge in [-0.15, -0.1) is 0 Å². The quantitative estimate of drug-likeness (QED) is 0.883. The third kappa shape index (κ3) is 4.13. The molecule has 2 fully saturated rings. The average molecular weight is 361 g/mol. The van der Waals surface area contributed by atoms with Crippen LogP contribution in [0.2, 0.25) is 0 Å². The molecule has 0 saturated carbocycles. The predicted molar refractivity (Wildman–Crippen MR) is 105 cm³/mol. The Morgan fingerprint density at radius 1 is 1.15 bits per heavy atom. The van der Waals surface area contributed by atoms with Crippen LogP contribution in [-0.4, -0.2) is 73.7 Å². The number of nitrogens with zero attached hydrogens (tertiary/aromatic N) is 3. The van der Waals surface area contributed by atoms with Gasteiger partial charge in [0.15, 0.2) is 0 Å². The lowest BCUT2D eigenvalue weighted by atomic mass is 9.99.